The van der Waals surface area contributed by atoms with Gasteiger partial charge in [0.2, 0.25) is 0 Å². The van der Waals surface area contributed by atoms with E-state index in [9.17, 15) is 19.5 Å². The first-order valence-electron chi connectivity index (χ1n) is 40.5. The highest BCUT2D eigenvalue weighted by Gasteiger charge is 2.22. The predicted octanol–water partition coefficient (Wildman–Crippen LogP) is 24.4. The fourth-order valence-electron chi connectivity index (χ4n) is 12.5. The van der Waals surface area contributed by atoms with Gasteiger partial charge >= 0.3 is 11.9 Å². The maximum absolute atomic E-state index is 13.0. The maximum atomic E-state index is 13.0. The molecule has 0 aliphatic heterocycles. The molecular formula is C82H157NO8. The fraction of sp³-hybridized carbons (Fsp3) is 0.915. The Bertz CT molecular complexity index is 1540. The highest BCUT2D eigenvalue weighted by molar-refractivity contribution is 5.70. The van der Waals surface area contributed by atoms with E-state index in [-0.39, 0.29) is 32.2 Å². The molecule has 0 N–H and O–H groups in total. The number of carbonyl (C=O) groups is 3. The van der Waals surface area contributed by atoms with Crippen LogP contribution in [0.4, 0.5) is 0 Å². The van der Waals surface area contributed by atoms with Gasteiger partial charge in [-0.25, -0.2) is 0 Å². The van der Waals surface area contributed by atoms with E-state index in [2.05, 4.69) is 38.2 Å². The first-order chi connectivity index (χ1) is 44.6. The van der Waals surface area contributed by atoms with E-state index in [1.165, 1.54) is 353 Å². The molecule has 0 heterocycles. The Hall–Kier alpha value is -2.23. The van der Waals surface area contributed by atoms with Crippen molar-refractivity contribution in [3.63, 3.8) is 0 Å². The van der Waals surface area contributed by atoms with Crippen molar-refractivity contribution in [2.75, 3.05) is 47.5 Å². The van der Waals surface area contributed by atoms with Crippen molar-refractivity contribution in [2.45, 2.75) is 437 Å². The van der Waals surface area contributed by atoms with Gasteiger partial charge in [0.1, 0.15) is 13.2 Å². The number of likely N-dealkylation sites (N-methyl/N-ethyl adjacent to an activating group) is 1. The largest absolute Gasteiger partial charge is 0.545 e. The summed E-state index contributed by atoms with van der Waals surface area (Å²) in [6.07, 6.45) is 90.3. The molecule has 9 nitrogen and oxygen atoms in total. The molecule has 91 heavy (non-hydrogen) atoms. The van der Waals surface area contributed by atoms with E-state index in [4.69, 9.17) is 18.9 Å². The number of nitrogens with zero attached hydrogens (tertiary/aromatic N) is 1. The van der Waals surface area contributed by atoms with Crippen LogP contribution in [0.2, 0.25) is 0 Å². The first-order valence-corrected chi connectivity index (χ1v) is 40.5. The summed E-state index contributed by atoms with van der Waals surface area (Å²) in [4.78, 5) is 37.6. The van der Waals surface area contributed by atoms with Gasteiger partial charge in [0.15, 0.2) is 12.4 Å². The number of ether oxygens (including phenoxy) is 4. The van der Waals surface area contributed by atoms with Crippen LogP contribution in [0.1, 0.15) is 425 Å². The van der Waals surface area contributed by atoms with Crippen molar-refractivity contribution in [3.05, 3.63) is 24.3 Å². The van der Waals surface area contributed by atoms with Gasteiger partial charge in [0.05, 0.1) is 40.3 Å². The van der Waals surface area contributed by atoms with E-state index in [1.54, 1.807) is 0 Å². The van der Waals surface area contributed by atoms with Gasteiger partial charge in [-0.2, -0.15) is 0 Å². The number of quaternary nitrogens is 1. The summed E-state index contributed by atoms with van der Waals surface area (Å²) in [5.74, 6) is -2.24. The second-order valence-electron chi connectivity index (χ2n) is 29.1. The fourth-order valence-corrected chi connectivity index (χ4v) is 12.5. The molecule has 0 rings (SSSR count). The Kier molecular flexibility index (Phi) is 71.8. The topological polar surface area (TPSA) is 111 Å². The number of rotatable bonds is 77. The standard InChI is InChI=1S/C82H157NO8/c1-6-8-10-12-14-16-18-20-22-24-26-28-30-32-34-36-38-40-42-44-46-48-50-52-54-56-58-60-62-64-66-68-70-72-79(84)89-76-78(77-90-82(81(86)87)88-75-74-83(3,4)5)91-80(85)73-71-69-67-65-63-61-59-57-55-53-51-49-47-45-43-41-39-37-35-33-31-29-27-25-23-21-19-17-15-13-11-9-7-2/h19,21,25,27,78,82H,6-18,20,22-24,26,28-77H2,1-5H3/b21-19-,27-25-. The molecular weight excluding hydrogens is 1130 g/mol. The van der Waals surface area contributed by atoms with Crippen molar-refractivity contribution >= 4 is 17.9 Å². The number of allylic oxidation sites excluding steroid dienone is 4. The van der Waals surface area contributed by atoms with Crippen LogP contribution >= 0.6 is 0 Å². The summed E-state index contributed by atoms with van der Waals surface area (Å²) >= 11 is 0. The molecule has 9 heteroatoms. The molecule has 2 unspecified atom stereocenters. The second kappa shape index (κ2) is 73.6. The summed E-state index contributed by atoms with van der Waals surface area (Å²) in [6, 6.07) is 0. The number of esters is 2. The quantitative estimate of drug-likeness (QED) is 0.0195. The predicted molar refractivity (Wildman–Crippen MR) is 390 cm³/mol. The van der Waals surface area contributed by atoms with Crippen LogP contribution in [0.5, 0.6) is 0 Å². The average molecular weight is 1290 g/mol. The van der Waals surface area contributed by atoms with Crippen molar-refractivity contribution in [1.29, 1.82) is 0 Å². The van der Waals surface area contributed by atoms with Crippen LogP contribution in [0.15, 0.2) is 24.3 Å². The Labute approximate surface area is 567 Å². The Morgan fingerprint density at radius 1 is 0.330 bits per heavy atom. The normalized spacial score (nSPS) is 12.7. The number of carboxylic acid groups (broad SMARTS) is 1. The number of carboxylic acids is 1. The molecule has 0 aliphatic carbocycles. The minimum atomic E-state index is -1.62. The van der Waals surface area contributed by atoms with Gasteiger partial charge in [-0.05, 0) is 44.9 Å². The molecule has 0 fully saturated rings. The summed E-state index contributed by atoms with van der Waals surface area (Å²) in [5, 5.41) is 11.9. The molecule has 538 valence electrons. The minimum absolute atomic E-state index is 0.152. The summed E-state index contributed by atoms with van der Waals surface area (Å²) < 4.78 is 22.9. The zero-order chi connectivity index (χ0) is 66.1. The number of carbonyl (C=O) groups excluding carboxylic acids is 3. The molecule has 0 amide bonds. The minimum Gasteiger partial charge on any atom is -0.545 e. The van der Waals surface area contributed by atoms with Crippen molar-refractivity contribution in [2.24, 2.45) is 0 Å². The Morgan fingerprint density at radius 3 is 0.868 bits per heavy atom. The van der Waals surface area contributed by atoms with Crippen molar-refractivity contribution in [1.82, 2.24) is 0 Å². The Morgan fingerprint density at radius 2 is 0.593 bits per heavy atom. The lowest BCUT2D eigenvalue weighted by Crippen LogP contribution is -2.44. The van der Waals surface area contributed by atoms with Gasteiger partial charge in [-0.15, -0.1) is 0 Å². The van der Waals surface area contributed by atoms with E-state index >= 15 is 0 Å². The van der Waals surface area contributed by atoms with Crippen LogP contribution in [0.3, 0.4) is 0 Å². The molecule has 0 radical (unpaired) electrons. The van der Waals surface area contributed by atoms with Crippen LogP contribution in [-0.2, 0) is 33.3 Å². The third-order valence-electron chi connectivity index (χ3n) is 18.7. The molecule has 0 bridgehead atoms. The monoisotopic (exact) mass is 1280 g/mol. The number of aliphatic carboxylic acids is 1. The third kappa shape index (κ3) is 75.0. The van der Waals surface area contributed by atoms with Crippen LogP contribution < -0.4 is 5.11 Å². The van der Waals surface area contributed by atoms with Gasteiger partial charge in [-0.3, -0.25) is 9.59 Å². The number of hydrogen-bond donors (Lipinski definition) is 0. The molecule has 0 saturated carbocycles. The summed E-state index contributed by atoms with van der Waals surface area (Å²) in [6.45, 7) is 4.83. The number of unbranched alkanes of at least 4 members (excludes halogenated alkanes) is 58. The molecule has 2 atom stereocenters. The van der Waals surface area contributed by atoms with Gasteiger partial charge in [-0.1, -0.05) is 391 Å². The third-order valence-corrected chi connectivity index (χ3v) is 18.7. The maximum Gasteiger partial charge on any atom is 0.306 e. The second-order valence-corrected chi connectivity index (χ2v) is 29.1. The molecule has 0 aliphatic rings. The summed E-state index contributed by atoms with van der Waals surface area (Å²) in [5.41, 5.74) is 0. The molecule has 0 aromatic rings. The van der Waals surface area contributed by atoms with Crippen LogP contribution in [0, 0.1) is 0 Å². The van der Waals surface area contributed by atoms with Gasteiger partial charge in [0.25, 0.3) is 0 Å². The number of hydrogen-bond acceptors (Lipinski definition) is 8. The van der Waals surface area contributed by atoms with Gasteiger partial charge < -0.3 is 33.3 Å². The molecule has 0 spiro atoms. The smallest absolute Gasteiger partial charge is 0.306 e. The SMILES string of the molecule is CCCCCCC/C=C\C/C=C\CCCCCCCCCCCCCCCCCCCCCCCC(=O)OC(COC(=O)CCCCCCCCCCCCCCCCCCCCCCCCCCCCCCCCCCC)COC(OCC[N+](C)(C)C)C(=O)[O-]. The van der Waals surface area contributed by atoms with Crippen molar-refractivity contribution < 1.29 is 42.9 Å². The van der Waals surface area contributed by atoms with Gasteiger partial charge in [0, 0.05) is 12.8 Å². The van der Waals surface area contributed by atoms with E-state index < -0.39 is 24.3 Å². The van der Waals surface area contributed by atoms with Crippen LogP contribution in [-0.4, -0.2) is 82.3 Å². The highest BCUT2D eigenvalue weighted by Crippen LogP contribution is 2.20. The molecule has 0 aromatic heterocycles. The van der Waals surface area contributed by atoms with E-state index in [1.807, 2.05) is 21.1 Å². The molecule has 0 aromatic carbocycles. The lowest BCUT2D eigenvalue weighted by Gasteiger charge is -2.26. The zero-order valence-corrected chi connectivity index (χ0v) is 61.8. The first kappa shape index (κ1) is 88.8. The van der Waals surface area contributed by atoms with Crippen molar-refractivity contribution in [3.8, 4) is 0 Å². The molecule has 0 saturated heterocycles. The average Bonchev–Trinajstić information content (AvgIpc) is 3.46. The zero-order valence-electron chi connectivity index (χ0n) is 61.8. The summed E-state index contributed by atoms with van der Waals surface area (Å²) in [7, 11) is 5.95. The van der Waals surface area contributed by atoms with E-state index in [0.717, 1.165) is 44.9 Å². The lowest BCUT2D eigenvalue weighted by molar-refractivity contribution is -0.870. The van der Waals surface area contributed by atoms with E-state index in [0.29, 0.717) is 17.4 Å². The van der Waals surface area contributed by atoms with Crippen LogP contribution in [0.25, 0.3) is 0 Å². The lowest BCUT2D eigenvalue weighted by atomic mass is 10.0. The highest BCUT2D eigenvalue weighted by atomic mass is 16.7. The Balaban J connectivity index is 3.96.